The van der Waals surface area contributed by atoms with Crippen molar-refractivity contribution < 1.29 is 14.3 Å². The maximum Gasteiger partial charge on any atom is 0.342 e. The molecule has 0 spiro atoms. The van der Waals surface area contributed by atoms with Gasteiger partial charge in [-0.15, -0.1) is 0 Å². The second-order valence-electron chi connectivity index (χ2n) is 5.53. The molecule has 1 aromatic carbocycles. The molecule has 0 saturated carbocycles. The molecule has 0 bridgehead atoms. The first kappa shape index (κ1) is 12.2. The largest absolute Gasteiger partial charge is 0.493 e. The Labute approximate surface area is 103 Å². The number of rotatable bonds is 4. The number of ether oxygens (including phenoxy) is 2. The van der Waals surface area contributed by atoms with Gasteiger partial charge in [-0.1, -0.05) is 31.8 Å². The highest BCUT2D eigenvalue weighted by atomic mass is 28.3. The lowest BCUT2D eigenvalue weighted by atomic mass is 10.1. The molecule has 0 unspecified atom stereocenters. The summed E-state index contributed by atoms with van der Waals surface area (Å²) in [5, 5.41) is 0. The summed E-state index contributed by atoms with van der Waals surface area (Å²) < 4.78 is 10.7. The van der Waals surface area contributed by atoms with Gasteiger partial charge in [0.05, 0.1) is 6.61 Å². The Kier molecular flexibility index (Phi) is 3.24. The molecule has 1 aliphatic heterocycles. The summed E-state index contributed by atoms with van der Waals surface area (Å²) in [6.45, 7) is 7.97. The van der Waals surface area contributed by atoms with E-state index < -0.39 is 8.07 Å². The van der Waals surface area contributed by atoms with E-state index in [0.29, 0.717) is 24.5 Å². The molecule has 0 atom stereocenters. The van der Waals surface area contributed by atoms with Crippen molar-refractivity contribution in [2.24, 2.45) is 0 Å². The van der Waals surface area contributed by atoms with Gasteiger partial charge >= 0.3 is 5.97 Å². The molecule has 0 N–H and O–H groups in total. The third kappa shape index (κ3) is 2.88. The van der Waals surface area contributed by atoms with Gasteiger partial charge in [0.25, 0.3) is 0 Å². The van der Waals surface area contributed by atoms with E-state index >= 15 is 0 Å². The molecule has 4 heteroatoms. The fourth-order valence-electron chi connectivity index (χ4n) is 1.73. The third-order valence-electron chi connectivity index (χ3n) is 2.79. The number of esters is 1. The second-order valence-corrected chi connectivity index (χ2v) is 11.1. The molecule has 1 heterocycles. The first-order chi connectivity index (χ1) is 7.97. The Morgan fingerprint density at radius 2 is 2.12 bits per heavy atom. The SMILES string of the molecule is C[Si](C)(C)CCOc1cccc2c1C(=O)OC2. The van der Waals surface area contributed by atoms with E-state index in [9.17, 15) is 4.79 Å². The van der Waals surface area contributed by atoms with Gasteiger partial charge in [-0.3, -0.25) is 0 Å². The highest BCUT2D eigenvalue weighted by molar-refractivity contribution is 6.76. The minimum atomic E-state index is -1.09. The summed E-state index contributed by atoms with van der Waals surface area (Å²) in [5.74, 6) is 0.409. The van der Waals surface area contributed by atoms with Crippen LogP contribution in [0, 0.1) is 0 Å². The number of carbonyl (C=O) groups is 1. The van der Waals surface area contributed by atoms with Gasteiger partial charge in [-0.25, -0.2) is 4.79 Å². The van der Waals surface area contributed by atoms with Crippen LogP contribution in [0.3, 0.4) is 0 Å². The molecule has 17 heavy (non-hydrogen) atoms. The van der Waals surface area contributed by atoms with Crippen molar-refractivity contribution in [1.82, 2.24) is 0 Å². The van der Waals surface area contributed by atoms with Gasteiger partial charge in [0.1, 0.15) is 17.9 Å². The molecule has 0 aliphatic carbocycles. The first-order valence-electron chi connectivity index (χ1n) is 5.89. The lowest BCUT2D eigenvalue weighted by Gasteiger charge is -2.16. The van der Waals surface area contributed by atoms with Crippen LogP contribution in [-0.4, -0.2) is 20.7 Å². The Balaban J connectivity index is 2.07. The van der Waals surface area contributed by atoms with Gasteiger partial charge in [-0.05, 0) is 12.1 Å². The van der Waals surface area contributed by atoms with Crippen LogP contribution in [0.15, 0.2) is 18.2 Å². The number of hydrogen-bond donors (Lipinski definition) is 0. The van der Waals surface area contributed by atoms with Crippen LogP contribution < -0.4 is 4.74 Å². The van der Waals surface area contributed by atoms with Crippen molar-refractivity contribution in [3.63, 3.8) is 0 Å². The lowest BCUT2D eigenvalue weighted by Crippen LogP contribution is -2.22. The number of fused-ring (bicyclic) bond motifs is 1. The topological polar surface area (TPSA) is 35.5 Å². The normalized spacial score (nSPS) is 14.4. The molecular formula is C13H18O3Si. The Bertz CT molecular complexity index is 435. The predicted octanol–water partition coefficient (Wildman–Crippen LogP) is 3.07. The zero-order valence-corrected chi connectivity index (χ0v) is 11.6. The summed E-state index contributed by atoms with van der Waals surface area (Å²) in [5.41, 5.74) is 1.54. The van der Waals surface area contributed by atoms with Crippen molar-refractivity contribution in [1.29, 1.82) is 0 Å². The van der Waals surface area contributed by atoms with E-state index in [1.165, 1.54) is 0 Å². The van der Waals surface area contributed by atoms with Crippen LogP contribution in [0.25, 0.3) is 0 Å². The molecule has 92 valence electrons. The summed E-state index contributed by atoms with van der Waals surface area (Å²) >= 11 is 0. The van der Waals surface area contributed by atoms with E-state index in [4.69, 9.17) is 9.47 Å². The molecule has 1 aliphatic rings. The van der Waals surface area contributed by atoms with Crippen LogP contribution in [-0.2, 0) is 11.3 Å². The highest BCUT2D eigenvalue weighted by Gasteiger charge is 2.25. The van der Waals surface area contributed by atoms with Crippen molar-refractivity contribution in [3.05, 3.63) is 29.3 Å². The van der Waals surface area contributed by atoms with Gasteiger partial charge in [0.2, 0.25) is 0 Å². The van der Waals surface area contributed by atoms with Gasteiger partial charge in [0, 0.05) is 13.6 Å². The van der Waals surface area contributed by atoms with Crippen LogP contribution in [0.2, 0.25) is 25.7 Å². The minimum Gasteiger partial charge on any atom is -0.493 e. The van der Waals surface area contributed by atoms with Crippen molar-refractivity contribution in [3.8, 4) is 5.75 Å². The molecule has 3 nitrogen and oxygen atoms in total. The zero-order valence-electron chi connectivity index (χ0n) is 10.6. The molecule has 0 radical (unpaired) electrons. The molecule has 0 fully saturated rings. The van der Waals surface area contributed by atoms with E-state index in [0.717, 1.165) is 11.6 Å². The number of benzene rings is 1. The zero-order chi connectivity index (χ0) is 12.5. The first-order valence-corrected chi connectivity index (χ1v) is 9.60. The summed E-state index contributed by atoms with van der Waals surface area (Å²) in [6.07, 6.45) is 0. The maximum absolute atomic E-state index is 11.6. The van der Waals surface area contributed by atoms with E-state index in [-0.39, 0.29) is 5.97 Å². The second kappa shape index (κ2) is 4.53. The molecule has 0 aromatic heterocycles. The highest BCUT2D eigenvalue weighted by Crippen LogP contribution is 2.29. The molecule has 0 amide bonds. The number of carbonyl (C=O) groups excluding carboxylic acids is 1. The van der Waals surface area contributed by atoms with Crippen LogP contribution in [0.4, 0.5) is 0 Å². The van der Waals surface area contributed by atoms with Crippen molar-refractivity contribution >= 4 is 14.0 Å². The van der Waals surface area contributed by atoms with Crippen LogP contribution >= 0.6 is 0 Å². The predicted molar refractivity (Wildman–Crippen MR) is 69.2 cm³/mol. The number of hydrogen-bond acceptors (Lipinski definition) is 3. The molecular weight excluding hydrogens is 232 g/mol. The maximum atomic E-state index is 11.6. The van der Waals surface area contributed by atoms with Crippen molar-refractivity contribution in [2.45, 2.75) is 32.3 Å². The quantitative estimate of drug-likeness (QED) is 0.608. The van der Waals surface area contributed by atoms with Crippen LogP contribution in [0.1, 0.15) is 15.9 Å². The molecule has 0 saturated heterocycles. The summed E-state index contributed by atoms with van der Waals surface area (Å²) in [7, 11) is -1.09. The van der Waals surface area contributed by atoms with Gasteiger partial charge in [-0.2, -0.15) is 0 Å². The Hall–Kier alpha value is -1.29. The van der Waals surface area contributed by atoms with Crippen LogP contribution in [0.5, 0.6) is 5.75 Å². The third-order valence-corrected chi connectivity index (χ3v) is 4.49. The molecule has 2 rings (SSSR count). The fourth-order valence-corrected chi connectivity index (χ4v) is 2.45. The average molecular weight is 250 g/mol. The van der Waals surface area contributed by atoms with E-state index in [2.05, 4.69) is 19.6 Å². The molecule has 1 aromatic rings. The van der Waals surface area contributed by atoms with Crippen molar-refractivity contribution in [2.75, 3.05) is 6.61 Å². The summed E-state index contributed by atoms with van der Waals surface area (Å²) in [4.78, 5) is 11.6. The van der Waals surface area contributed by atoms with E-state index in [1.807, 2.05) is 18.2 Å². The Morgan fingerprint density at radius 1 is 1.35 bits per heavy atom. The smallest absolute Gasteiger partial charge is 0.342 e. The standard InChI is InChI=1S/C13H18O3Si/c1-17(2,3)8-7-15-11-6-4-5-10-9-16-13(14)12(10)11/h4-6H,7-9H2,1-3H3. The number of cyclic esters (lactones) is 1. The van der Waals surface area contributed by atoms with E-state index in [1.54, 1.807) is 0 Å². The lowest BCUT2D eigenvalue weighted by molar-refractivity contribution is 0.0532. The minimum absolute atomic E-state index is 0.261. The summed E-state index contributed by atoms with van der Waals surface area (Å²) in [6, 6.07) is 6.75. The van der Waals surface area contributed by atoms with Gasteiger partial charge in [0.15, 0.2) is 0 Å². The fraction of sp³-hybridized carbons (Fsp3) is 0.462. The Morgan fingerprint density at radius 3 is 2.82 bits per heavy atom. The van der Waals surface area contributed by atoms with Gasteiger partial charge < -0.3 is 9.47 Å². The monoisotopic (exact) mass is 250 g/mol. The average Bonchev–Trinajstić information content (AvgIpc) is 2.60.